The van der Waals surface area contributed by atoms with Gasteiger partial charge in [-0.25, -0.2) is 0 Å². The third kappa shape index (κ3) is 4.92. The molecule has 5 nitrogen and oxygen atoms in total. The van der Waals surface area contributed by atoms with Crippen LogP contribution in [0.2, 0.25) is 0 Å². The van der Waals surface area contributed by atoms with Crippen molar-refractivity contribution in [2.75, 3.05) is 17.3 Å². The van der Waals surface area contributed by atoms with Crippen LogP contribution in [-0.4, -0.2) is 13.0 Å². The first-order valence-corrected chi connectivity index (χ1v) is 12.6. The number of anilines is 2. The Bertz CT molecular complexity index is 1380. The Morgan fingerprint density at radius 2 is 1.66 bits per heavy atom. The highest BCUT2D eigenvalue weighted by molar-refractivity contribution is 9.10. The van der Waals surface area contributed by atoms with Gasteiger partial charge in [-0.2, -0.15) is 0 Å². The molecule has 0 fully saturated rings. The molecule has 5 rings (SSSR count). The third-order valence-electron chi connectivity index (χ3n) is 5.82. The van der Waals surface area contributed by atoms with Crippen LogP contribution in [0.15, 0.2) is 99.9 Å². The largest absolute Gasteiger partial charge is 0.497 e. The number of fused-ring (bicyclic) bond motifs is 1. The van der Waals surface area contributed by atoms with Crippen molar-refractivity contribution in [3.8, 4) is 11.5 Å². The molecule has 1 aliphatic heterocycles. The maximum Gasteiger partial charge on any atom is 0.262 e. The molecule has 1 N–H and O–H groups in total. The summed E-state index contributed by atoms with van der Waals surface area (Å²) in [5, 5.41) is 3.57. The molecule has 0 aliphatic carbocycles. The number of rotatable bonds is 6. The molecule has 0 bridgehead atoms. The Morgan fingerprint density at radius 1 is 0.886 bits per heavy atom. The number of hydrogen-bond donors (Lipinski definition) is 1. The van der Waals surface area contributed by atoms with Gasteiger partial charge in [-0.1, -0.05) is 68.3 Å². The third-order valence-corrected chi connectivity index (χ3v) is 6.80. The maximum absolute atomic E-state index is 13.9. The van der Waals surface area contributed by atoms with Crippen molar-refractivity contribution >= 4 is 49.1 Å². The highest BCUT2D eigenvalue weighted by Gasteiger charge is 2.36. The van der Waals surface area contributed by atoms with Crippen LogP contribution >= 0.6 is 31.9 Å². The fraction of sp³-hybridized carbons (Fsp3) is 0.107. The van der Waals surface area contributed by atoms with E-state index in [1.165, 1.54) is 0 Å². The first-order valence-electron chi connectivity index (χ1n) is 11.0. The molecule has 4 aromatic rings. The Kier molecular flexibility index (Phi) is 6.79. The van der Waals surface area contributed by atoms with Crippen LogP contribution in [-0.2, 0) is 6.61 Å². The number of ether oxygens (including phenoxy) is 2. The van der Waals surface area contributed by atoms with Gasteiger partial charge in [-0.15, -0.1) is 0 Å². The van der Waals surface area contributed by atoms with Gasteiger partial charge in [0.2, 0.25) is 0 Å². The highest BCUT2D eigenvalue weighted by atomic mass is 79.9. The summed E-state index contributed by atoms with van der Waals surface area (Å²) in [7, 11) is 1.61. The lowest BCUT2D eigenvalue weighted by Crippen LogP contribution is -2.43. The van der Waals surface area contributed by atoms with E-state index < -0.39 is 6.17 Å². The second kappa shape index (κ2) is 10.1. The fourth-order valence-corrected chi connectivity index (χ4v) is 4.86. The fourth-order valence-electron chi connectivity index (χ4n) is 4.12. The van der Waals surface area contributed by atoms with E-state index in [0.29, 0.717) is 29.4 Å². The lowest BCUT2D eigenvalue weighted by Gasteiger charge is -2.39. The van der Waals surface area contributed by atoms with E-state index in [1.54, 1.807) is 12.0 Å². The number of amides is 1. The molecule has 1 atom stereocenters. The molecule has 1 aliphatic rings. The van der Waals surface area contributed by atoms with Crippen LogP contribution in [0.4, 0.5) is 11.4 Å². The van der Waals surface area contributed by atoms with Crippen LogP contribution in [0.25, 0.3) is 0 Å². The van der Waals surface area contributed by atoms with Crippen LogP contribution in [0, 0.1) is 0 Å². The first kappa shape index (κ1) is 23.5. The number of carbonyl (C=O) groups is 1. The number of carbonyl (C=O) groups excluding carboxylic acids is 1. The van der Waals surface area contributed by atoms with Gasteiger partial charge in [0, 0.05) is 26.3 Å². The van der Waals surface area contributed by atoms with Gasteiger partial charge in [-0.3, -0.25) is 9.69 Å². The van der Waals surface area contributed by atoms with Crippen molar-refractivity contribution in [2.45, 2.75) is 12.8 Å². The minimum atomic E-state index is -0.508. The summed E-state index contributed by atoms with van der Waals surface area (Å²) >= 11 is 7.10. The molecule has 0 unspecified atom stereocenters. The summed E-state index contributed by atoms with van der Waals surface area (Å²) in [5.41, 5.74) is 3.96. The highest BCUT2D eigenvalue weighted by Crippen LogP contribution is 2.42. The quantitative estimate of drug-likeness (QED) is 0.250. The van der Waals surface area contributed by atoms with Crippen LogP contribution in [0.5, 0.6) is 11.5 Å². The normalized spacial score (nSPS) is 14.8. The summed E-state index contributed by atoms with van der Waals surface area (Å²) in [6.07, 6.45) is -0.508. The number of benzene rings is 4. The number of halogens is 2. The number of methoxy groups -OCH3 is 1. The zero-order valence-corrected chi connectivity index (χ0v) is 22.0. The van der Waals surface area contributed by atoms with Crippen molar-refractivity contribution in [3.05, 3.63) is 117 Å². The van der Waals surface area contributed by atoms with E-state index in [1.807, 2.05) is 91.0 Å². The van der Waals surface area contributed by atoms with E-state index in [0.717, 1.165) is 25.8 Å². The van der Waals surface area contributed by atoms with E-state index in [2.05, 4.69) is 37.2 Å². The first-order chi connectivity index (χ1) is 17.0. The summed E-state index contributed by atoms with van der Waals surface area (Å²) < 4.78 is 13.4. The van der Waals surface area contributed by atoms with Crippen molar-refractivity contribution in [2.24, 2.45) is 0 Å². The van der Waals surface area contributed by atoms with Gasteiger partial charge in [0.15, 0.2) is 0 Å². The zero-order valence-electron chi connectivity index (χ0n) is 18.9. The average molecular weight is 594 g/mol. The summed E-state index contributed by atoms with van der Waals surface area (Å²) in [6, 6.07) is 29.0. The molecule has 1 heterocycles. The molecule has 7 heteroatoms. The molecule has 0 saturated carbocycles. The van der Waals surface area contributed by atoms with E-state index >= 15 is 0 Å². The molecular formula is C28H22Br2N2O3. The smallest absolute Gasteiger partial charge is 0.262 e. The molecule has 0 saturated heterocycles. The van der Waals surface area contributed by atoms with Crippen molar-refractivity contribution < 1.29 is 14.3 Å². The van der Waals surface area contributed by atoms with E-state index in [-0.39, 0.29) is 5.91 Å². The second-order valence-corrected chi connectivity index (χ2v) is 9.90. The van der Waals surface area contributed by atoms with Crippen molar-refractivity contribution in [1.82, 2.24) is 0 Å². The Hall–Kier alpha value is -3.29. The van der Waals surface area contributed by atoms with Crippen LogP contribution in [0.3, 0.4) is 0 Å². The van der Waals surface area contributed by atoms with Gasteiger partial charge >= 0.3 is 0 Å². The van der Waals surface area contributed by atoms with Crippen molar-refractivity contribution in [1.29, 1.82) is 0 Å². The molecule has 0 radical (unpaired) electrons. The molecule has 0 aromatic heterocycles. The average Bonchev–Trinajstić information content (AvgIpc) is 2.89. The Morgan fingerprint density at radius 3 is 2.46 bits per heavy atom. The molecule has 35 heavy (non-hydrogen) atoms. The van der Waals surface area contributed by atoms with Crippen molar-refractivity contribution in [3.63, 3.8) is 0 Å². The zero-order chi connectivity index (χ0) is 24.4. The number of nitrogens with one attached hydrogen (secondary N) is 1. The Labute approximate surface area is 220 Å². The van der Waals surface area contributed by atoms with Gasteiger partial charge in [0.25, 0.3) is 5.91 Å². The summed E-state index contributed by atoms with van der Waals surface area (Å²) in [5.74, 6) is 1.24. The van der Waals surface area contributed by atoms with Gasteiger partial charge in [-0.05, 0) is 54.1 Å². The van der Waals surface area contributed by atoms with E-state index in [4.69, 9.17) is 9.47 Å². The second-order valence-electron chi connectivity index (χ2n) is 8.07. The van der Waals surface area contributed by atoms with Gasteiger partial charge in [0.05, 0.1) is 18.4 Å². The molecule has 4 aromatic carbocycles. The van der Waals surface area contributed by atoms with Gasteiger partial charge in [0.1, 0.15) is 24.3 Å². The minimum absolute atomic E-state index is 0.118. The molecular weight excluding hydrogens is 572 g/mol. The lowest BCUT2D eigenvalue weighted by atomic mass is 10.0. The van der Waals surface area contributed by atoms with E-state index in [9.17, 15) is 4.79 Å². The predicted octanol–water partition coefficient (Wildman–Crippen LogP) is 7.57. The Balaban J connectivity index is 1.61. The maximum atomic E-state index is 13.9. The minimum Gasteiger partial charge on any atom is -0.497 e. The SMILES string of the molecule is COc1cccc(N2C(=O)c3cc(Br)ccc3N[C@@H]2c2cc(Br)ccc2OCc2ccccc2)c1. The summed E-state index contributed by atoms with van der Waals surface area (Å²) in [4.78, 5) is 15.6. The number of hydrogen-bond acceptors (Lipinski definition) is 4. The standard InChI is InChI=1S/C28H22Br2N2O3/c1-34-22-9-5-8-21(16-22)32-27(31-25-12-10-19(29)14-23(25)28(32)33)24-15-20(30)11-13-26(24)35-17-18-6-3-2-4-7-18/h2-16,27,31H,17H2,1H3/t27-/m0/s1. The van der Waals surface area contributed by atoms with Crippen LogP contribution in [0.1, 0.15) is 27.7 Å². The van der Waals surface area contributed by atoms with Gasteiger partial charge < -0.3 is 14.8 Å². The predicted molar refractivity (Wildman–Crippen MR) is 145 cm³/mol. The lowest BCUT2D eigenvalue weighted by molar-refractivity contribution is 0.0974. The van der Waals surface area contributed by atoms with Crippen LogP contribution < -0.4 is 19.7 Å². The molecule has 0 spiro atoms. The molecule has 176 valence electrons. The number of nitrogens with zero attached hydrogens (tertiary/aromatic N) is 1. The monoisotopic (exact) mass is 592 g/mol. The topological polar surface area (TPSA) is 50.8 Å². The molecule has 1 amide bonds. The summed E-state index contributed by atoms with van der Waals surface area (Å²) in [6.45, 7) is 0.416.